The molecule has 0 aliphatic carbocycles. The van der Waals surface area contributed by atoms with Crippen LogP contribution in [0.5, 0.6) is 0 Å². The van der Waals surface area contributed by atoms with Gasteiger partial charge in [0.05, 0.1) is 11.4 Å². The third kappa shape index (κ3) is 0.726. The summed E-state index contributed by atoms with van der Waals surface area (Å²) in [5.74, 6) is -0.113. The van der Waals surface area contributed by atoms with Crippen molar-refractivity contribution in [3.63, 3.8) is 0 Å². The smallest absolute Gasteiger partial charge is 0.271 e. The number of halogens is 1. The average molecular weight is 175 g/mol. The summed E-state index contributed by atoms with van der Waals surface area (Å²) >= 11 is 6.92. The molecule has 0 radical (unpaired) electrons. The molecule has 0 unspecified atom stereocenters. The Labute approximate surface area is 66.0 Å². The maximum Gasteiger partial charge on any atom is 0.271 e. The Morgan fingerprint density at radius 3 is 3.20 bits per heavy atom. The van der Waals surface area contributed by atoms with Crippen molar-refractivity contribution in [1.82, 2.24) is 10.3 Å². The Balaban J connectivity index is 2.59. The van der Waals surface area contributed by atoms with Crippen molar-refractivity contribution >= 4 is 28.8 Å². The van der Waals surface area contributed by atoms with Crippen molar-refractivity contribution in [1.29, 1.82) is 0 Å². The van der Waals surface area contributed by atoms with E-state index in [0.717, 1.165) is 4.88 Å². The third-order valence-corrected chi connectivity index (χ3v) is 2.46. The monoisotopic (exact) mass is 174 g/mol. The van der Waals surface area contributed by atoms with E-state index in [2.05, 4.69) is 10.3 Å². The van der Waals surface area contributed by atoms with Crippen molar-refractivity contribution in [2.45, 2.75) is 6.54 Å². The zero-order valence-electron chi connectivity index (χ0n) is 4.85. The van der Waals surface area contributed by atoms with Crippen LogP contribution in [0.4, 0.5) is 0 Å². The molecule has 0 atom stereocenters. The first-order valence-corrected chi connectivity index (χ1v) is 3.90. The van der Waals surface area contributed by atoms with Crippen LogP contribution in [0.2, 0.25) is 4.47 Å². The Bertz CT molecular complexity index is 296. The number of amides is 1. The van der Waals surface area contributed by atoms with Crippen LogP contribution in [-0.2, 0) is 6.54 Å². The second-order valence-electron chi connectivity index (χ2n) is 1.92. The molecule has 1 N–H and O–H groups in total. The van der Waals surface area contributed by atoms with E-state index < -0.39 is 0 Å². The highest BCUT2D eigenvalue weighted by Gasteiger charge is 2.23. The maximum absolute atomic E-state index is 10.9. The van der Waals surface area contributed by atoms with E-state index in [1.807, 2.05) is 0 Å². The lowest BCUT2D eigenvalue weighted by Crippen LogP contribution is -2.13. The van der Waals surface area contributed by atoms with E-state index in [4.69, 9.17) is 11.6 Å². The molecule has 0 saturated heterocycles. The van der Waals surface area contributed by atoms with Gasteiger partial charge in [-0.25, -0.2) is 4.98 Å². The number of rotatable bonds is 0. The average Bonchev–Trinajstić information content (AvgIpc) is 2.35. The van der Waals surface area contributed by atoms with Gasteiger partial charge in [0.1, 0.15) is 5.69 Å². The normalized spacial score (nSPS) is 15.1. The van der Waals surface area contributed by atoms with E-state index >= 15 is 0 Å². The molecule has 52 valence electrons. The molecule has 0 spiro atoms. The maximum atomic E-state index is 10.9. The molecule has 1 aliphatic heterocycles. The van der Waals surface area contributed by atoms with E-state index in [1.165, 1.54) is 11.3 Å². The molecule has 1 aliphatic rings. The third-order valence-electron chi connectivity index (χ3n) is 1.30. The molecule has 0 aromatic carbocycles. The molecule has 10 heavy (non-hydrogen) atoms. The summed E-state index contributed by atoms with van der Waals surface area (Å²) in [4.78, 5) is 15.6. The molecule has 2 heterocycles. The lowest BCUT2D eigenvalue weighted by Gasteiger charge is -1.85. The highest BCUT2D eigenvalue weighted by Crippen LogP contribution is 2.25. The molecular weight excluding hydrogens is 172 g/mol. The Hall–Kier alpha value is -0.610. The minimum atomic E-state index is -0.113. The molecule has 1 aromatic rings. The fourth-order valence-electron chi connectivity index (χ4n) is 0.865. The highest BCUT2D eigenvalue weighted by atomic mass is 35.5. The van der Waals surface area contributed by atoms with Gasteiger partial charge in [-0.05, 0) is 0 Å². The van der Waals surface area contributed by atoms with Gasteiger partial charge in [0.2, 0.25) is 0 Å². The fourth-order valence-corrected chi connectivity index (χ4v) is 1.95. The van der Waals surface area contributed by atoms with Crippen molar-refractivity contribution in [3.8, 4) is 0 Å². The number of hydrogen-bond donors (Lipinski definition) is 1. The zero-order valence-corrected chi connectivity index (χ0v) is 6.42. The van der Waals surface area contributed by atoms with Gasteiger partial charge < -0.3 is 5.32 Å². The molecule has 5 heteroatoms. The Morgan fingerprint density at radius 1 is 1.70 bits per heavy atom. The quantitative estimate of drug-likeness (QED) is 0.639. The van der Waals surface area contributed by atoms with Crippen molar-refractivity contribution in [2.75, 3.05) is 0 Å². The lowest BCUT2D eigenvalue weighted by atomic mass is 10.4. The summed E-state index contributed by atoms with van der Waals surface area (Å²) in [6.07, 6.45) is 0. The summed E-state index contributed by atoms with van der Waals surface area (Å²) < 4.78 is 0.444. The highest BCUT2D eigenvalue weighted by molar-refractivity contribution is 7.16. The van der Waals surface area contributed by atoms with Crippen LogP contribution in [-0.4, -0.2) is 10.9 Å². The number of fused-ring (bicyclic) bond motifs is 1. The van der Waals surface area contributed by atoms with Gasteiger partial charge in [0.15, 0.2) is 4.47 Å². The standard InChI is InChI=1S/C5H3ClN2OS/c6-5-8-3-2(10-5)1-7-4(3)9/h1H2,(H,7,9). The first kappa shape index (κ1) is 6.12. The van der Waals surface area contributed by atoms with E-state index in [-0.39, 0.29) is 5.91 Å². The van der Waals surface area contributed by atoms with E-state index in [1.54, 1.807) is 0 Å². The molecule has 0 fully saturated rings. The van der Waals surface area contributed by atoms with Crippen LogP contribution in [0.1, 0.15) is 15.4 Å². The second kappa shape index (κ2) is 1.93. The van der Waals surface area contributed by atoms with E-state index in [9.17, 15) is 4.79 Å². The molecule has 0 bridgehead atoms. The molecular formula is C5H3ClN2OS. The second-order valence-corrected chi connectivity index (χ2v) is 3.59. The predicted octanol–water partition coefficient (Wildman–Crippen LogP) is 1.04. The van der Waals surface area contributed by atoms with Crippen molar-refractivity contribution in [2.24, 2.45) is 0 Å². The Kier molecular flexibility index (Phi) is 1.18. The summed E-state index contributed by atoms with van der Waals surface area (Å²) in [6.45, 7) is 0.582. The van der Waals surface area contributed by atoms with Crippen LogP contribution < -0.4 is 5.32 Å². The topological polar surface area (TPSA) is 42.0 Å². The van der Waals surface area contributed by atoms with Gasteiger partial charge in [0, 0.05) is 0 Å². The fraction of sp³-hybridized carbons (Fsp3) is 0.200. The number of aromatic nitrogens is 1. The van der Waals surface area contributed by atoms with Gasteiger partial charge in [-0.3, -0.25) is 4.79 Å². The summed E-state index contributed by atoms with van der Waals surface area (Å²) in [7, 11) is 0. The number of hydrogen-bond acceptors (Lipinski definition) is 3. The Morgan fingerprint density at radius 2 is 2.50 bits per heavy atom. The molecule has 2 rings (SSSR count). The molecule has 1 aromatic heterocycles. The van der Waals surface area contributed by atoms with Gasteiger partial charge in [-0.1, -0.05) is 11.6 Å². The van der Waals surface area contributed by atoms with E-state index in [0.29, 0.717) is 16.7 Å². The van der Waals surface area contributed by atoms with Crippen LogP contribution in [0.3, 0.4) is 0 Å². The number of nitrogens with zero attached hydrogens (tertiary/aromatic N) is 1. The lowest BCUT2D eigenvalue weighted by molar-refractivity contribution is 0.0961. The molecule has 0 saturated carbocycles. The first-order chi connectivity index (χ1) is 4.77. The molecule has 1 amide bonds. The minimum absolute atomic E-state index is 0.113. The van der Waals surface area contributed by atoms with Gasteiger partial charge in [-0.15, -0.1) is 11.3 Å². The van der Waals surface area contributed by atoms with Crippen molar-refractivity contribution in [3.05, 3.63) is 15.0 Å². The van der Waals surface area contributed by atoms with Crippen LogP contribution in [0.15, 0.2) is 0 Å². The zero-order chi connectivity index (χ0) is 7.14. The SMILES string of the molecule is O=C1NCc2sc(Cl)nc21. The number of nitrogens with one attached hydrogen (secondary N) is 1. The summed E-state index contributed by atoms with van der Waals surface area (Å²) in [5.41, 5.74) is 0.495. The minimum Gasteiger partial charge on any atom is -0.346 e. The van der Waals surface area contributed by atoms with Gasteiger partial charge in [-0.2, -0.15) is 0 Å². The van der Waals surface area contributed by atoms with Crippen LogP contribution >= 0.6 is 22.9 Å². The predicted molar refractivity (Wildman–Crippen MR) is 38.3 cm³/mol. The summed E-state index contributed by atoms with van der Waals surface area (Å²) in [6, 6.07) is 0. The van der Waals surface area contributed by atoms with Crippen LogP contribution in [0.25, 0.3) is 0 Å². The number of carbonyl (C=O) groups excluding carboxylic acids is 1. The van der Waals surface area contributed by atoms with Gasteiger partial charge in [0.25, 0.3) is 5.91 Å². The largest absolute Gasteiger partial charge is 0.346 e. The number of thiazole rings is 1. The number of carbonyl (C=O) groups is 1. The first-order valence-electron chi connectivity index (χ1n) is 2.71. The summed E-state index contributed by atoms with van der Waals surface area (Å²) in [5, 5.41) is 2.64. The molecule has 3 nitrogen and oxygen atoms in total. The van der Waals surface area contributed by atoms with Crippen molar-refractivity contribution < 1.29 is 4.79 Å². The van der Waals surface area contributed by atoms with Gasteiger partial charge >= 0.3 is 0 Å². The van der Waals surface area contributed by atoms with Crippen LogP contribution in [0, 0.1) is 0 Å².